The Morgan fingerprint density at radius 2 is 0.638 bits per heavy atom. The number of aliphatic hydroxyl groups is 6. The molecule has 0 radical (unpaired) electrons. The minimum absolute atomic E-state index is 0.0122. The molecule has 3 aliphatic carbocycles. The van der Waals surface area contributed by atoms with Crippen molar-refractivity contribution in [3.8, 4) is 86.2 Å². The Kier molecular flexibility index (Phi) is 24.0. The van der Waals surface area contributed by atoms with E-state index in [4.69, 9.17) is 152 Å². The van der Waals surface area contributed by atoms with E-state index in [2.05, 4.69) is 0 Å². The van der Waals surface area contributed by atoms with Crippen molar-refractivity contribution < 1.29 is 242 Å². The topological polar surface area (TPSA) is 622 Å². The minimum Gasteiger partial charge on any atom is -0.493 e. The molecule has 6 aromatic carbocycles. The second-order valence-corrected chi connectivity index (χ2v) is 37.5. The Morgan fingerprint density at radius 1 is 0.348 bits per heavy atom. The van der Waals surface area contributed by atoms with E-state index in [0.29, 0.717) is 56.4 Å². The molecular weight excluding hydrogens is 1910 g/mol. The summed E-state index contributed by atoms with van der Waals surface area (Å²) in [7, 11) is -17.1. The first-order valence-electron chi connectivity index (χ1n) is 47.3. The van der Waals surface area contributed by atoms with Gasteiger partial charge in [-0.05, 0) is 144 Å². The van der Waals surface area contributed by atoms with Gasteiger partial charge in [0.15, 0.2) is 107 Å². The third-order valence-corrected chi connectivity index (χ3v) is 27.3. The summed E-state index contributed by atoms with van der Waals surface area (Å²) in [6.07, 6.45) is -23.9. The summed E-state index contributed by atoms with van der Waals surface area (Å²) in [5.74, 6) is -15.5. The molecule has 9 saturated heterocycles. The van der Waals surface area contributed by atoms with Gasteiger partial charge in [0.1, 0.15) is 73.2 Å². The fourth-order valence-corrected chi connectivity index (χ4v) is 21.4. The standard InChI is InChI=1S/3C29H33O16P/c3*1-11-38-9-20-27(42-11)23(30)24(31)29(43-20)44-25-14-7-17-16(40-10-41-17)6-13(14)21(22-15(25)8-39-28(22)32)12-4-18(36-2)26(19(5-12)37-3)45-46(33,34)35/h3*4-7,11,15,20-25,27,29-31H,8-10H2,1-3H3,(H2,33,34,35)/t3*11-,15+,20-,21-,22+,23-,24-,25-,27-,29+/m111/s1/i2D3,3D3;21D;8D2. The van der Waals surface area contributed by atoms with Crippen molar-refractivity contribution in [1.29, 1.82) is 0 Å². The van der Waals surface area contributed by atoms with Crippen molar-refractivity contribution in [3.63, 3.8) is 0 Å². The first-order valence-corrected chi connectivity index (χ1v) is 47.4. The summed E-state index contributed by atoms with van der Waals surface area (Å²) in [4.78, 5) is 98.2. The molecule has 12 aliphatic heterocycles. The molecule has 0 unspecified atom stereocenters. The third kappa shape index (κ3) is 18.3. The highest BCUT2D eigenvalue weighted by Gasteiger charge is 2.62. The average molecular weight is 2010 g/mol. The molecule has 750 valence electrons. The van der Waals surface area contributed by atoms with Crippen LogP contribution in [0.2, 0.25) is 0 Å². The van der Waals surface area contributed by atoms with Gasteiger partial charge in [0, 0.05) is 36.9 Å². The molecule has 0 bridgehead atoms. The summed E-state index contributed by atoms with van der Waals surface area (Å²) in [5, 5.41) is 66.2. The third-order valence-electron chi connectivity index (χ3n) is 26.1. The molecule has 6 aromatic rings. The lowest BCUT2D eigenvalue weighted by Crippen LogP contribution is -2.63. The Morgan fingerprint density at radius 3 is 0.978 bits per heavy atom. The van der Waals surface area contributed by atoms with Crippen molar-refractivity contribution in [2.24, 2.45) is 35.5 Å². The van der Waals surface area contributed by atoms with Crippen LogP contribution in [-0.2, 0) is 99.1 Å². The lowest BCUT2D eigenvalue weighted by atomic mass is 9.66. The maximum atomic E-state index is 13.7. The van der Waals surface area contributed by atoms with Crippen LogP contribution in [0.1, 0.15) is 119 Å². The number of hydrogen-bond acceptors (Lipinski definition) is 42. The molecule has 0 spiro atoms. The van der Waals surface area contributed by atoms with E-state index in [1.807, 2.05) is 0 Å². The number of esters is 3. The van der Waals surface area contributed by atoms with E-state index < -0.39 is 273 Å². The number of rotatable bonds is 21. The van der Waals surface area contributed by atoms with Gasteiger partial charge in [-0.25, -0.2) is 13.7 Å². The van der Waals surface area contributed by atoms with Crippen LogP contribution in [0.15, 0.2) is 72.8 Å². The summed E-state index contributed by atoms with van der Waals surface area (Å²) < 4.78 is 276. The minimum atomic E-state index is -5.47. The lowest BCUT2D eigenvalue weighted by molar-refractivity contribution is -0.364. The van der Waals surface area contributed by atoms with Crippen LogP contribution in [0.25, 0.3) is 0 Å². The molecule has 0 aromatic heterocycles. The molecule has 138 heavy (non-hydrogen) atoms. The monoisotopic (exact) mass is 2010 g/mol. The Hall–Kier alpha value is -9.54. The Bertz CT molecular complexity index is 6100. The maximum Gasteiger partial charge on any atom is 0.525 e. The number of benzene rings is 6. The van der Waals surface area contributed by atoms with E-state index in [1.54, 1.807) is 51.1 Å². The van der Waals surface area contributed by atoms with Crippen LogP contribution >= 0.6 is 23.5 Å². The Balaban J connectivity index is 0.000000139. The zero-order chi connectivity index (χ0) is 105. The van der Waals surface area contributed by atoms with E-state index >= 15 is 0 Å². The zero-order valence-corrected chi connectivity index (χ0v) is 75.9. The van der Waals surface area contributed by atoms with E-state index in [9.17, 15) is 89.4 Å². The number of carbonyl (C=O) groups is 3. The van der Waals surface area contributed by atoms with Gasteiger partial charge in [-0.1, -0.05) is 0 Å². The smallest absolute Gasteiger partial charge is 0.493 e. The van der Waals surface area contributed by atoms with Crippen LogP contribution < -0.4 is 70.4 Å². The highest BCUT2D eigenvalue weighted by atomic mass is 31.2. The van der Waals surface area contributed by atoms with Gasteiger partial charge in [0.2, 0.25) is 37.6 Å². The van der Waals surface area contributed by atoms with Crippen LogP contribution in [0.4, 0.5) is 0 Å². The van der Waals surface area contributed by atoms with Gasteiger partial charge >= 0.3 is 41.4 Å². The fourth-order valence-electron chi connectivity index (χ4n) is 20.1. The Labute approximate surface area is 795 Å². The molecule has 12 N–H and O–H groups in total. The molecule has 0 amide bonds. The second kappa shape index (κ2) is 38.4. The number of ether oxygens (including phenoxy) is 27. The molecule has 12 heterocycles. The number of fused-ring (bicyclic) bond motifs is 12. The van der Waals surface area contributed by atoms with E-state index in [-0.39, 0.29) is 105 Å². The fraction of sp³-hybridized carbons (Fsp3) is 0.552. The second-order valence-electron chi connectivity index (χ2n) is 34.0. The van der Waals surface area contributed by atoms with E-state index in [1.165, 1.54) is 58.8 Å². The number of phosphoric ester groups is 3. The van der Waals surface area contributed by atoms with Crippen molar-refractivity contribution >= 4 is 41.4 Å². The molecule has 48 nitrogen and oxygen atoms in total. The van der Waals surface area contributed by atoms with Gasteiger partial charge in [-0.15, -0.1) is 0 Å². The van der Waals surface area contributed by atoms with Gasteiger partial charge in [-0.2, -0.15) is 0 Å². The van der Waals surface area contributed by atoms with Crippen molar-refractivity contribution in [3.05, 3.63) is 123 Å². The first-order chi connectivity index (χ1) is 69.3. The highest BCUT2D eigenvalue weighted by Crippen LogP contribution is 2.64. The summed E-state index contributed by atoms with van der Waals surface area (Å²) in [6, 6.07) is 17.0. The number of cyclic esters (lactones) is 3. The van der Waals surface area contributed by atoms with Gasteiger partial charge in [-0.3, -0.25) is 43.7 Å². The normalized spacial score (nSPS) is 36.7. The predicted molar refractivity (Wildman–Crippen MR) is 448 cm³/mol. The maximum absolute atomic E-state index is 13.7. The number of methoxy groups -OCH3 is 6. The van der Waals surface area contributed by atoms with Crippen molar-refractivity contribution in [2.45, 2.75) is 168 Å². The van der Waals surface area contributed by atoms with Crippen LogP contribution in [-0.4, -0.2) is 291 Å². The lowest BCUT2D eigenvalue weighted by Gasteiger charge is -2.47. The van der Waals surface area contributed by atoms with Crippen LogP contribution in [0.5, 0.6) is 86.2 Å². The molecule has 9 fully saturated rings. The number of carbonyl (C=O) groups excluding carboxylic acids is 3. The number of aliphatic hydroxyl groups excluding tert-OH is 6. The summed E-state index contributed by atoms with van der Waals surface area (Å²) in [5.41, 5.74) is 2.46. The average Bonchev–Trinajstić information content (AvgIpc) is 1.63. The molecule has 0 saturated carbocycles. The molecule has 30 atom stereocenters. The van der Waals surface area contributed by atoms with Gasteiger partial charge in [0.05, 0.1) is 129 Å². The van der Waals surface area contributed by atoms with Gasteiger partial charge < -0.3 is 172 Å². The molecule has 21 rings (SSSR count). The number of hydrogen-bond donors (Lipinski definition) is 12. The SMILES string of the molecule is [2H]C([2H])([2H])Oc1cc([C@@H]2c3cc4c(cc3[C@@H](O[C@@H]3O[C@@H]5CO[C@@H](C)O[C@H]5[C@H](O)[C@H]3O)[C@H]3COC(=O)[C@H]23)OCO4)cc(OC([2H])([2H])[2H])c1OP(=O)(O)O.[2H]C1([2H])OC(=O)[C@@H]2[C@H](c3cc(OC)c(OP(=O)(O)O)c(OC)c3)c3cc4c(cc3[C@@H](O[C@@H]3O[C@@H]5CO[C@@H](C)O[C@H]5[C@H](O)[C@H]3O)[C@H]21)OCO4.[2H][C@@]1(c2cc(OC)c(OP(=O)(O)O)c(OC)c2)c2cc3c(cc2[C@@H](O[C@@H]2O[C@@H]4CO[C@@H](C)O[C@H]4[C@H](O)[C@H]2O)[C@H]2COC(=O)[C@@H]21)OCO3. The first kappa shape index (κ1) is 86.4. The van der Waals surface area contributed by atoms with Crippen LogP contribution in [0, 0.1) is 35.5 Å². The summed E-state index contributed by atoms with van der Waals surface area (Å²) >= 11 is 0. The van der Waals surface area contributed by atoms with Gasteiger partial charge in [0.25, 0.3) is 0 Å². The highest BCUT2D eigenvalue weighted by molar-refractivity contribution is 7.47. The van der Waals surface area contributed by atoms with E-state index in [0.717, 1.165) is 12.1 Å². The predicted octanol–water partition coefficient (Wildman–Crippen LogP) is 3.31. The van der Waals surface area contributed by atoms with Crippen LogP contribution in [0.3, 0.4) is 0 Å². The quantitative estimate of drug-likeness (QED) is 0.0279. The van der Waals surface area contributed by atoms with Crippen molar-refractivity contribution in [2.75, 3.05) is 102 Å². The largest absolute Gasteiger partial charge is 0.525 e. The molecule has 51 heteroatoms. The number of phosphoric acid groups is 3. The zero-order valence-electron chi connectivity index (χ0n) is 82.2. The molecular formula is C87H99O48P3. The summed E-state index contributed by atoms with van der Waals surface area (Å²) in [6.45, 7) is 1.67. The molecule has 15 aliphatic rings. The van der Waals surface area contributed by atoms with Crippen molar-refractivity contribution in [1.82, 2.24) is 0 Å².